The minimum atomic E-state index is -2.59. The summed E-state index contributed by atoms with van der Waals surface area (Å²) in [7, 11) is 13.2. The molecule has 0 radical (unpaired) electrons. The van der Waals surface area contributed by atoms with Gasteiger partial charge in [0.1, 0.15) is 0 Å². The zero-order valence-corrected chi connectivity index (χ0v) is 14.8. The fourth-order valence-corrected chi connectivity index (χ4v) is 15.0. The zero-order chi connectivity index (χ0) is 13.1. The standard InChI is InChI=1S/C6H7O.3C2H6N.Sn/c1-2-6-4-3-5-7-6;3*1-3-2;/h3-5H,1-2H2;3*1-2H3;/q;3*-1;+3. The van der Waals surface area contributed by atoms with Gasteiger partial charge in [0.2, 0.25) is 0 Å². The first-order valence-electron chi connectivity index (χ1n) is 5.96. The first-order valence-corrected chi connectivity index (χ1v) is 11.8. The molecular weight excluding hydrogens is 321 g/mol. The van der Waals surface area contributed by atoms with E-state index >= 15 is 0 Å². The Kier molecular flexibility index (Phi) is 5.50. The molecule has 1 aromatic rings. The van der Waals surface area contributed by atoms with Crippen LogP contribution in [-0.2, 0) is 6.42 Å². The molecule has 0 aliphatic carbocycles. The van der Waals surface area contributed by atoms with E-state index in [4.69, 9.17) is 4.42 Å². The second kappa shape index (κ2) is 6.22. The average Bonchev–Trinajstić information content (AvgIpc) is 2.69. The van der Waals surface area contributed by atoms with Crippen LogP contribution in [0.5, 0.6) is 0 Å². The molecule has 1 heterocycles. The van der Waals surface area contributed by atoms with Crippen molar-refractivity contribution in [2.45, 2.75) is 10.9 Å². The molecule has 1 aromatic heterocycles. The van der Waals surface area contributed by atoms with Gasteiger partial charge in [-0.05, 0) is 0 Å². The van der Waals surface area contributed by atoms with Gasteiger partial charge in [-0.1, -0.05) is 0 Å². The fraction of sp³-hybridized carbons (Fsp3) is 0.667. The van der Waals surface area contributed by atoms with Crippen molar-refractivity contribution < 1.29 is 4.42 Å². The molecule has 0 aliphatic rings. The third-order valence-corrected chi connectivity index (χ3v) is 18.3. The molecule has 17 heavy (non-hydrogen) atoms. The van der Waals surface area contributed by atoms with Gasteiger partial charge in [0.15, 0.2) is 0 Å². The number of hydrogen-bond acceptors (Lipinski definition) is 4. The first-order chi connectivity index (χ1) is 7.91. The van der Waals surface area contributed by atoms with Gasteiger partial charge < -0.3 is 0 Å². The summed E-state index contributed by atoms with van der Waals surface area (Å²) in [6, 6.07) is 4.03. The number of nitrogens with zero attached hydrogens (tertiary/aromatic N) is 3. The van der Waals surface area contributed by atoms with Crippen LogP contribution >= 0.6 is 0 Å². The summed E-state index contributed by atoms with van der Waals surface area (Å²) in [5.74, 6) is 1.09. The Labute approximate surface area is 110 Å². The third-order valence-electron chi connectivity index (χ3n) is 3.44. The van der Waals surface area contributed by atoms with Crippen molar-refractivity contribution in [1.29, 1.82) is 0 Å². The Morgan fingerprint density at radius 3 is 1.88 bits per heavy atom. The number of furan rings is 1. The van der Waals surface area contributed by atoms with E-state index in [1.54, 1.807) is 6.26 Å². The fourth-order valence-electron chi connectivity index (χ4n) is 2.62. The molecule has 98 valence electrons. The molecule has 0 bridgehead atoms. The van der Waals surface area contributed by atoms with Crippen LogP contribution in [0.15, 0.2) is 22.8 Å². The topological polar surface area (TPSA) is 22.9 Å². The van der Waals surface area contributed by atoms with Gasteiger partial charge in [0.05, 0.1) is 0 Å². The summed E-state index contributed by atoms with van der Waals surface area (Å²) in [4.78, 5) is 0. The van der Waals surface area contributed by atoms with Crippen LogP contribution in [0.4, 0.5) is 0 Å². The Bertz CT molecular complexity index is 301. The SMILES string of the molecule is C[N](C)[Sn]([CH2]Cc1ccco1)([N](C)C)[N](C)C. The van der Waals surface area contributed by atoms with E-state index in [0.717, 1.165) is 12.2 Å². The predicted octanol–water partition coefficient (Wildman–Crippen LogP) is 1.45. The van der Waals surface area contributed by atoms with Gasteiger partial charge in [0, 0.05) is 0 Å². The van der Waals surface area contributed by atoms with Crippen molar-refractivity contribution in [3.8, 4) is 0 Å². The van der Waals surface area contributed by atoms with E-state index in [1.807, 2.05) is 6.07 Å². The molecule has 0 N–H and O–H groups in total. The van der Waals surface area contributed by atoms with Crippen LogP contribution in [0.25, 0.3) is 0 Å². The van der Waals surface area contributed by atoms with Crippen LogP contribution < -0.4 is 0 Å². The molecule has 0 fully saturated rings. The first kappa shape index (κ1) is 15.0. The maximum atomic E-state index is 5.45. The number of aryl methyl sites for hydroxylation is 1. The summed E-state index contributed by atoms with van der Waals surface area (Å²) >= 11 is -2.59. The second-order valence-electron chi connectivity index (χ2n) is 5.04. The summed E-state index contributed by atoms with van der Waals surface area (Å²) in [5, 5.41) is 0. The predicted molar refractivity (Wildman–Crippen MR) is 74.0 cm³/mol. The van der Waals surface area contributed by atoms with Crippen molar-refractivity contribution in [1.82, 2.24) is 9.36 Å². The van der Waals surface area contributed by atoms with Crippen LogP contribution in [0.3, 0.4) is 0 Å². The van der Waals surface area contributed by atoms with Gasteiger partial charge >= 0.3 is 110 Å². The Hall–Kier alpha value is -0.0413. The molecule has 0 unspecified atom stereocenters. The number of rotatable bonds is 6. The zero-order valence-electron chi connectivity index (χ0n) is 11.9. The summed E-state index contributed by atoms with van der Waals surface area (Å²) in [6.07, 6.45) is 2.78. The van der Waals surface area contributed by atoms with E-state index in [0.29, 0.717) is 0 Å². The quantitative estimate of drug-likeness (QED) is 0.728. The molecule has 0 saturated carbocycles. The molecule has 0 atom stereocenters. The van der Waals surface area contributed by atoms with E-state index in [1.165, 1.54) is 4.44 Å². The Morgan fingerprint density at radius 2 is 1.53 bits per heavy atom. The van der Waals surface area contributed by atoms with Gasteiger partial charge in [-0.3, -0.25) is 0 Å². The molecule has 1 rings (SSSR count). The van der Waals surface area contributed by atoms with Crippen molar-refractivity contribution in [2.75, 3.05) is 42.3 Å². The minimum absolute atomic E-state index is 1.03. The van der Waals surface area contributed by atoms with Gasteiger partial charge in [0.25, 0.3) is 0 Å². The van der Waals surface area contributed by atoms with Crippen molar-refractivity contribution in [3.05, 3.63) is 24.2 Å². The summed E-state index contributed by atoms with van der Waals surface area (Å²) < 4.78 is 14.0. The van der Waals surface area contributed by atoms with Crippen LogP contribution in [0.1, 0.15) is 5.76 Å². The molecule has 0 aromatic carbocycles. The molecule has 0 aliphatic heterocycles. The van der Waals surface area contributed by atoms with Gasteiger partial charge in [-0.25, -0.2) is 0 Å². The molecule has 0 spiro atoms. The Morgan fingerprint density at radius 1 is 1.00 bits per heavy atom. The normalized spacial score (nSPS) is 13.0. The summed E-state index contributed by atoms with van der Waals surface area (Å²) in [5.41, 5.74) is 0. The van der Waals surface area contributed by atoms with E-state index in [9.17, 15) is 0 Å². The van der Waals surface area contributed by atoms with Crippen LogP contribution in [0.2, 0.25) is 4.44 Å². The van der Waals surface area contributed by atoms with E-state index in [-0.39, 0.29) is 0 Å². The second-order valence-corrected chi connectivity index (χ2v) is 18.5. The molecule has 5 heteroatoms. The van der Waals surface area contributed by atoms with Crippen LogP contribution in [-0.4, -0.2) is 70.8 Å². The van der Waals surface area contributed by atoms with Crippen LogP contribution in [0, 0.1) is 0 Å². The molecule has 0 amide bonds. The molecular formula is C12H25N3OSn. The van der Waals surface area contributed by atoms with Crippen molar-refractivity contribution in [3.63, 3.8) is 0 Å². The van der Waals surface area contributed by atoms with Crippen molar-refractivity contribution in [2.24, 2.45) is 0 Å². The monoisotopic (exact) mass is 347 g/mol. The summed E-state index contributed by atoms with van der Waals surface area (Å²) in [6.45, 7) is 0. The van der Waals surface area contributed by atoms with E-state index in [2.05, 4.69) is 57.7 Å². The molecule has 4 nitrogen and oxygen atoms in total. The van der Waals surface area contributed by atoms with E-state index < -0.39 is 19.2 Å². The van der Waals surface area contributed by atoms with Gasteiger partial charge in [-0.2, -0.15) is 0 Å². The average molecular weight is 346 g/mol. The Balaban J connectivity index is 2.83. The molecule has 0 saturated heterocycles. The third kappa shape index (κ3) is 3.24. The number of hydrogen-bond donors (Lipinski definition) is 0. The van der Waals surface area contributed by atoms with Crippen molar-refractivity contribution >= 4 is 19.2 Å². The van der Waals surface area contributed by atoms with Gasteiger partial charge in [-0.15, -0.1) is 0 Å². The maximum absolute atomic E-state index is 5.45.